The topological polar surface area (TPSA) is 94.6 Å². The van der Waals surface area contributed by atoms with Crippen LogP contribution in [0.1, 0.15) is 67.3 Å². The number of nitrogens with zero attached hydrogens (tertiary/aromatic N) is 4. The van der Waals surface area contributed by atoms with Crippen molar-refractivity contribution in [2.24, 2.45) is 11.1 Å². The second-order valence-electron chi connectivity index (χ2n) is 12.2. The van der Waals surface area contributed by atoms with Crippen LogP contribution in [0.4, 0.5) is 0 Å². The fraction of sp³-hybridized carbons (Fsp3) is 0.529. The fourth-order valence-electron chi connectivity index (χ4n) is 6.44. The highest BCUT2D eigenvalue weighted by molar-refractivity contribution is 6.42. The summed E-state index contributed by atoms with van der Waals surface area (Å²) in [7, 11) is 3.31. The van der Waals surface area contributed by atoms with Gasteiger partial charge in [-0.05, 0) is 81.5 Å². The summed E-state index contributed by atoms with van der Waals surface area (Å²) in [6, 6.07) is 10.5. The van der Waals surface area contributed by atoms with Crippen molar-refractivity contribution in [2.45, 2.75) is 57.4 Å². The SMILES string of the molecule is CCO/N=C(\CN(C)C(=O)c1cc(Cl)cc(Cl)c1)C(CCN1CCC(N2CCCC(CC(=O)NC)C2=O)CC1)c1ccc(Cl)c(Cl)c1. The summed E-state index contributed by atoms with van der Waals surface area (Å²) in [6.07, 6.45) is 4.36. The zero-order valence-corrected chi connectivity index (χ0v) is 30.1. The summed E-state index contributed by atoms with van der Waals surface area (Å²) >= 11 is 25.1. The van der Waals surface area contributed by atoms with Crippen LogP contribution in [0.5, 0.6) is 0 Å². The third kappa shape index (κ3) is 10.2. The van der Waals surface area contributed by atoms with Gasteiger partial charge in [0.05, 0.1) is 22.3 Å². The van der Waals surface area contributed by atoms with E-state index < -0.39 is 0 Å². The average Bonchev–Trinajstić information content (AvgIpc) is 3.05. The molecule has 2 aromatic carbocycles. The lowest BCUT2D eigenvalue weighted by molar-refractivity contribution is -0.144. The molecule has 9 nitrogen and oxygen atoms in total. The van der Waals surface area contributed by atoms with E-state index in [0.717, 1.165) is 57.4 Å². The fourth-order valence-corrected chi connectivity index (χ4v) is 7.27. The smallest absolute Gasteiger partial charge is 0.254 e. The minimum Gasteiger partial charge on any atom is -0.396 e. The Kier molecular flexibility index (Phi) is 14.1. The molecule has 2 aliphatic heterocycles. The highest BCUT2D eigenvalue weighted by Gasteiger charge is 2.36. The van der Waals surface area contributed by atoms with E-state index in [2.05, 4.69) is 15.4 Å². The summed E-state index contributed by atoms with van der Waals surface area (Å²) in [5.74, 6) is -0.695. The lowest BCUT2D eigenvalue weighted by atomic mass is 9.89. The van der Waals surface area contributed by atoms with Crippen molar-refractivity contribution in [3.8, 4) is 0 Å². The van der Waals surface area contributed by atoms with Crippen LogP contribution < -0.4 is 5.32 Å². The standard InChI is InChI=1S/C34H43Cl4N5O4/c1-4-47-40-31(21-41(3)33(45)24-16-25(35)20-26(36)17-24)28(22-7-8-29(37)30(38)18-22)11-15-42-13-9-27(10-14-42)43-12-5-6-23(34(43)46)19-32(44)39-2/h7-8,16-18,20,23,27-28H,4-6,9-15,19,21H2,1-3H3,(H,39,44)/b40-31+. The first-order valence-electron chi connectivity index (χ1n) is 16.1. The van der Waals surface area contributed by atoms with Gasteiger partial charge in [-0.15, -0.1) is 0 Å². The van der Waals surface area contributed by atoms with Crippen LogP contribution in [0.25, 0.3) is 0 Å². The van der Waals surface area contributed by atoms with Gasteiger partial charge >= 0.3 is 0 Å². The van der Waals surface area contributed by atoms with E-state index in [-0.39, 0.29) is 48.6 Å². The summed E-state index contributed by atoms with van der Waals surface area (Å²) in [4.78, 5) is 50.2. The van der Waals surface area contributed by atoms with Gasteiger partial charge in [-0.3, -0.25) is 14.4 Å². The molecular weight excluding hydrogens is 684 g/mol. The number of halogens is 4. The number of amides is 3. The molecule has 0 aliphatic carbocycles. The molecule has 0 spiro atoms. The maximum atomic E-state index is 13.4. The molecule has 47 heavy (non-hydrogen) atoms. The van der Waals surface area contributed by atoms with Gasteiger partial charge in [0.1, 0.15) is 6.61 Å². The van der Waals surface area contributed by atoms with Gasteiger partial charge in [-0.25, -0.2) is 0 Å². The number of piperidine rings is 2. The predicted molar refractivity (Wildman–Crippen MR) is 189 cm³/mol. The van der Waals surface area contributed by atoms with Gasteiger partial charge in [-0.2, -0.15) is 0 Å². The number of oxime groups is 1. The van der Waals surface area contributed by atoms with Crippen LogP contribution in [-0.2, 0) is 14.4 Å². The molecule has 4 rings (SSSR count). The van der Waals surface area contributed by atoms with Gasteiger partial charge < -0.3 is 24.9 Å². The Morgan fingerprint density at radius 3 is 2.36 bits per heavy atom. The minimum absolute atomic E-state index is 0.0896. The first-order valence-corrected chi connectivity index (χ1v) is 17.6. The Morgan fingerprint density at radius 2 is 1.72 bits per heavy atom. The molecule has 1 N–H and O–H groups in total. The largest absolute Gasteiger partial charge is 0.396 e. The monoisotopic (exact) mass is 725 g/mol. The molecule has 2 heterocycles. The van der Waals surface area contributed by atoms with E-state index in [4.69, 9.17) is 51.2 Å². The lowest BCUT2D eigenvalue weighted by Crippen LogP contribution is -2.52. The molecule has 13 heteroatoms. The number of carbonyl (C=O) groups excluding carboxylic acids is 3. The van der Waals surface area contributed by atoms with Gasteiger partial charge in [0.15, 0.2) is 0 Å². The number of likely N-dealkylation sites (tertiary alicyclic amines) is 2. The zero-order valence-electron chi connectivity index (χ0n) is 27.1. The lowest BCUT2D eigenvalue weighted by Gasteiger charge is -2.42. The minimum atomic E-state index is -0.251. The van der Waals surface area contributed by atoms with Crippen molar-refractivity contribution >= 4 is 69.8 Å². The Balaban J connectivity index is 1.47. The summed E-state index contributed by atoms with van der Waals surface area (Å²) in [6.45, 7) is 5.62. The molecule has 2 unspecified atom stereocenters. The third-order valence-corrected chi connectivity index (χ3v) is 10.1. The van der Waals surface area contributed by atoms with E-state index in [1.165, 1.54) is 0 Å². The normalized spacial score (nSPS) is 18.6. The Morgan fingerprint density at radius 1 is 1.02 bits per heavy atom. The zero-order chi connectivity index (χ0) is 34.1. The third-order valence-electron chi connectivity index (χ3n) is 8.94. The molecule has 2 saturated heterocycles. The average molecular weight is 728 g/mol. The van der Waals surface area contributed by atoms with E-state index in [1.54, 1.807) is 43.3 Å². The van der Waals surface area contributed by atoms with Crippen molar-refractivity contribution in [3.05, 3.63) is 67.6 Å². The number of carbonyl (C=O) groups is 3. The number of nitrogens with one attached hydrogen (secondary N) is 1. The van der Waals surface area contributed by atoms with E-state index in [1.807, 2.05) is 24.0 Å². The molecule has 2 fully saturated rings. The first-order chi connectivity index (χ1) is 22.5. The Labute approximate surface area is 297 Å². The quantitative estimate of drug-likeness (QED) is 0.182. The van der Waals surface area contributed by atoms with Gasteiger partial charge in [0.25, 0.3) is 5.91 Å². The number of hydrogen-bond acceptors (Lipinski definition) is 6. The van der Waals surface area contributed by atoms with Crippen LogP contribution >= 0.6 is 46.4 Å². The number of hydrogen-bond donors (Lipinski definition) is 1. The van der Waals surface area contributed by atoms with Crippen LogP contribution in [0, 0.1) is 5.92 Å². The second-order valence-corrected chi connectivity index (χ2v) is 13.8. The van der Waals surface area contributed by atoms with Crippen molar-refractivity contribution in [3.63, 3.8) is 0 Å². The van der Waals surface area contributed by atoms with Crippen molar-refractivity contribution in [2.75, 3.05) is 53.4 Å². The molecule has 2 atom stereocenters. The molecular formula is C34H43Cl4N5O4. The van der Waals surface area contributed by atoms with E-state index in [9.17, 15) is 14.4 Å². The molecule has 2 aliphatic rings. The molecule has 2 aromatic rings. The maximum Gasteiger partial charge on any atom is 0.254 e. The highest BCUT2D eigenvalue weighted by atomic mass is 35.5. The number of rotatable bonds is 13. The Bertz CT molecular complexity index is 1430. The molecule has 0 bridgehead atoms. The van der Waals surface area contributed by atoms with Gasteiger partial charge in [0.2, 0.25) is 11.8 Å². The second kappa shape index (κ2) is 17.7. The summed E-state index contributed by atoms with van der Waals surface area (Å²) < 4.78 is 0. The van der Waals surface area contributed by atoms with Crippen LogP contribution in [-0.4, -0.2) is 97.6 Å². The first kappa shape index (κ1) is 37.3. The molecule has 256 valence electrons. The van der Waals surface area contributed by atoms with E-state index in [0.29, 0.717) is 44.4 Å². The van der Waals surface area contributed by atoms with Crippen LogP contribution in [0.3, 0.4) is 0 Å². The van der Waals surface area contributed by atoms with Crippen LogP contribution in [0.2, 0.25) is 20.1 Å². The number of benzene rings is 2. The highest BCUT2D eigenvalue weighted by Crippen LogP contribution is 2.32. The predicted octanol–water partition coefficient (Wildman–Crippen LogP) is 6.78. The van der Waals surface area contributed by atoms with E-state index >= 15 is 0 Å². The van der Waals surface area contributed by atoms with Crippen LogP contribution in [0.15, 0.2) is 41.6 Å². The van der Waals surface area contributed by atoms with Crippen molar-refractivity contribution in [1.29, 1.82) is 0 Å². The van der Waals surface area contributed by atoms with Gasteiger partial charge in [0, 0.05) is 73.6 Å². The van der Waals surface area contributed by atoms with Crippen molar-refractivity contribution in [1.82, 2.24) is 20.0 Å². The maximum absolute atomic E-state index is 13.4. The summed E-state index contributed by atoms with van der Waals surface area (Å²) in [5, 5.41) is 8.79. The molecule has 3 amide bonds. The summed E-state index contributed by atoms with van der Waals surface area (Å²) in [5.41, 5.74) is 1.97. The van der Waals surface area contributed by atoms with Gasteiger partial charge in [-0.1, -0.05) is 57.6 Å². The molecule has 0 aromatic heterocycles. The Hall–Kier alpha value is -2.56. The van der Waals surface area contributed by atoms with Crippen molar-refractivity contribution < 1.29 is 19.2 Å². The molecule has 0 saturated carbocycles. The molecule has 0 radical (unpaired) electrons.